The summed E-state index contributed by atoms with van der Waals surface area (Å²) in [5.74, 6) is 0.758. The lowest BCUT2D eigenvalue weighted by atomic mass is 10.1. The van der Waals surface area contributed by atoms with E-state index in [0.29, 0.717) is 31.1 Å². The fraction of sp³-hybridized carbons (Fsp3) is 0.127. The Labute approximate surface area is 411 Å². The predicted octanol–water partition coefficient (Wildman–Crippen LogP) is 12.2. The van der Waals surface area contributed by atoms with E-state index < -0.39 is 0 Å². The Morgan fingerprint density at radius 3 is 1.42 bits per heavy atom. The Hall–Kier alpha value is -8.04. The highest BCUT2D eigenvalue weighted by Gasteiger charge is 2.20. The van der Waals surface area contributed by atoms with Crippen LogP contribution in [0.2, 0.25) is 0 Å². The van der Waals surface area contributed by atoms with Crippen LogP contribution in [0.5, 0.6) is 0 Å². The molecule has 1 aliphatic rings. The smallest absolute Gasteiger partial charge is 0.238 e. The third kappa shape index (κ3) is 14.7. The minimum atomic E-state index is -0.0292. The molecule has 1 fully saturated rings. The van der Waals surface area contributed by atoms with Crippen LogP contribution in [0.4, 0.5) is 51.2 Å². The first-order valence-corrected chi connectivity index (χ1v) is 24.4. The van der Waals surface area contributed by atoms with E-state index in [0.717, 1.165) is 92.7 Å². The van der Waals surface area contributed by atoms with Crippen LogP contribution in [0.15, 0.2) is 193 Å². The number of carbonyl (C=O) groups excluding carboxylic acids is 2. The van der Waals surface area contributed by atoms with Crippen molar-refractivity contribution >= 4 is 97.3 Å². The van der Waals surface area contributed by atoms with Crippen molar-refractivity contribution in [2.75, 3.05) is 69.5 Å². The summed E-state index contributed by atoms with van der Waals surface area (Å²) in [7, 11) is 0. The number of anilines is 9. The lowest BCUT2D eigenvalue weighted by Gasteiger charge is -2.35. The van der Waals surface area contributed by atoms with Crippen molar-refractivity contribution in [3.8, 4) is 0 Å². The molecule has 0 saturated carbocycles. The normalized spacial score (nSPS) is 12.1. The van der Waals surface area contributed by atoms with Gasteiger partial charge in [-0.15, -0.1) is 22.7 Å². The van der Waals surface area contributed by atoms with Gasteiger partial charge < -0.3 is 36.8 Å². The van der Waals surface area contributed by atoms with Crippen LogP contribution in [0.3, 0.4) is 0 Å². The zero-order valence-corrected chi connectivity index (χ0v) is 39.6. The molecule has 8 aromatic rings. The average molecular weight is 951 g/mol. The molecule has 14 heteroatoms. The zero-order valence-electron chi connectivity index (χ0n) is 38.0. The Kier molecular flexibility index (Phi) is 16.6. The molecule has 1 aliphatic heterocycles. The van der Waals surface area contributed by atoms with Gasteiger partial charge in [-0.1, -0.05) is 60.7 Å². The predicted molar refractivity (Wildman–Crippen MR) is 289 cm³/mol. The molecule has 12 nitrogen and oxygen atoms in total. The summed E-state index contributed by atoms with van der Waals surface area (Å²) < 4.78 is 0. The van der Waals surface area contributed by atoms with Gasteiger partial charge in [-0.25, -0.2) is 0 Å². The summed E-state index contributed by atoms with van der Waals surface area (Å²) in [6, 6.07) is 59.2. The summed E-state index contributed by atoms with van der Waals surface area (Å²) in [6.07, 6.45) is 1.01. The van der Waals surface area contributed by atoms with Gasteiger partial charge in [-0.3, -0.25) is 25.3 Å². The number of carbonyl (C=O) groups is 2. The first-order chi connectivity index (χ1) is 33.8. The molecule has 2 aromatic heterocycles. The third-order valence-electron chi connectivity index (χ3n) is 11.1. The number of thiophene rings is 2. The molecule has 348 valence electrons. The van der Waals surface area contributed by atoms with Crippen molar-refractivity contribution in [1.82, 2.24) is 4.90 Å². The van der Waals surface area contributed by atoms with Crippen LogP contribution in [0.25, 0.3) is 0 Å². The second-order valence-corrected chi connectivity index (χ2v) is 18.1. The van der Waals surface area contributed by atoms with Crippen LogP contribution in [0.1, 0.15) is 21.7 Å². The maximum absolute atomic E-state index is 12.6. The fourth-order valence-corrected chi connectivity index (χ4v) is 8.77. The molecule has 9 rings (SSSR count). The number of amidine groups is 2. The number of amides is 2. The van der Waals surface area contributed by atoms with Crippen molar-refractivity contribution < 1.29 is 9.59 Å². The van der Waals surface area contributed by atoms with E-state index >= 15 is 0 Å². The van der Waals surface area contributed by atoms with E-state index in [1.807, 2.05) is 181 Å². The van der Waals surface area contributed by atoms with Crippen LogP contribution in [-0.2, 0) is 16.0 Å². The van der Waals surface area contributed by atoms with E-state index in [1.165, 1.54) is 11.3 Å². The SMILES string of the molecule is N=C(Nc1ccc(N2CCN(CC(=O)Nc3ccc(Nc4ccccc4)cc3)CC2)cc1)c1cccs1.N=C(Nc1cccc(CCC(=O)Nc2ccc(Nc3ccccc3)cc2)c1)c1cccs1. The molecule has 3 heterocycles. The Morgan fingerprint density at radius 2 is 0.899 bits per heavy atom. The molecule has 0 atom stereocenters. The Morgan fingerprint density at radius 1 is 0.449 bits per heavy atom. The Bertz CT molecular complexity index is 2870. The average Bonchev–Trinajstić information content (AvgIpc) is 4.13. The second kappa shape index (κ2) is 24.1. The minimum Gasteiger partial charge on any atom is -0.369 e. The third-order valence-corrected chi connectivity index (χ3v) is 12.9. The maximum atomic E-state index is 12.6. The molecule has 0 aliphatic carbocycles. The zero-order chi connectivity index (χ0) is 47.6. The molecule has 69 heavy (non-hydrogen) atoms. The molecule has 2 amide bonds. The summed E-state index contributed by atoms with van der Waals surface area (Å²) >= 11 is 3.08. The van der Waals surface area contributed by atoms with Crippen LogP contribution >= 0.6 is 22.7 Å². The number of aryl methyl sites for hydroxylation is 1. The van der Waals surface area contributed by atoms with Gasteiger partial charge in [0.15, 0.2) is 0 Å². The van der Waals surface area contributed by atoms with E-state index in [9.17, 15) is 9.59 Å². The number of nitrogens with one attached hydrogen (secondary N) is 8. The molecule has 0 spiro atoms. The van der Waals surface area contributed by atoms with Gasteiger partial charge >= 0.3 is 0 Å². The topological polar surface area (TPSA) is 160 Å². The molecule has 0 bridgehead atoms. The highest BCUT2D eigenvalue weighted by molar-refractivity contribution is 7.12. The monoisotopic (exact) mass is 950 g/mol. The molecule has 8 N–H and O–H groups in total. The first-order valence-electron chi connectivity index (χ1n) is 22.7. The molecule has 0 unspecified atom stereocenters. The lowest BCUT2D eigenvalue weighted by molar-refractivity contribution is -0.117. The van der Waals surface area contributed by atoms with Crippen LogP contribution < -0.4 is 36.8 Å². The van der Waals surface area contributed by atoms with Gasteiger partial charge in [-0.2, -0.15) is 0 Å². The number of hydrogen-bond donors (Lipinski definition) is 8. The van der Waals surface area contributed by atoms with Crippen molar-refractivity contribution in [3.05, 3.63) is 208 Å². The molecule has 1 saturated heterocycles. The number of hydrogen-bond acceptors (Lipinski definition) is 10. The van der Waals surface area contributed by atoms with Crippen LogP contribution in [-0.4, -0.2) is 61.1 Å². The van der Waals surface area contributed by atoms with Gasteiger partial charge in [-0.05, 0) is 144 Å². The van der Waals surface area contributed by atoms with E-state index in [4.69, 9.17) is 10.8 Å². The highest BCUT2D eigenvalue weighted by atomic mass is 32.1. The molecular formula is C55H54N10O2S2. The number of nitrogens with zero attached hydrogens (tertiary/aromatic N) is 2. The van der Waals surface area contributed by atoms with E-state index in [-0.39, 0.29) is 11.8 Å². The number of benzene rings is 6. The summed E-state index contributed by atoms with van der Waals surface area (Å²) in [4.78, 5) is 31.3. The van der Waals surface area contributed by atoms with Crippen molar-refractivity contribution in [2.45, 2.75) is 12.8 Å². The summed E-state index contributed by atoms with van der Waals surface area (Å²) in [5.41, 5.74) is 9.51. The Balaban J connectivity index is 0.000000188. The summed E-state index contributed by atoms with van der Waals surface area (Å²) in [6.45, 7) is 3.77. The maximum Gasteiger partial charge on any atom is 0.238 e. The van der Waals surface area contributed by atoms with E-state index in [2.05, 4.69) is 53.8 Å². The summed E-state index contributed by atoms with van der Waals surface area (Å²) in [5, 5.41) is 39.2. The fourth-order valence-electron chi connectivity index (χ4n) is 7.51. The standard InChI is InChI=1S/C29H30N6OS.C26H24N4OS/c30-29(27-7-4-20-37-27)33-25-12-14-26(15-13-25)35-18-16-34(17-19-35)21-28(36)32-24-10-8-23(9-11-24)31-22-5-2-1-3-6-22;27-26(24-10-5-17-32-24)30-23-9-4-6-19(18-23)11-16-25(31)29-22-14-12-21(13-15-22)28-20-7-2-1-3-8-20/h1-15,20,31H,16-19,21H2,(H2,30,33)(H,32,36);1-10,12-15,17-18,28H,11,16H2,(H2,27,30)(H,29,31). The molecule has 6 aromatic carbocycles. The van der Waals surface area contributed by atoms with E-state index in [1.54, 1.807) is 11.3 Å². The number of rotatable bonds is 16. The van der Waals surface area contributed by atoms with Gasteiger partial charge in [0.2, 0.25) is 11.8 Å². The first kappa shape index (κ1) is 47.5. The number of para-hydroxylation sites is 2. The van der Waals surface area contributed by atoms with Crippen molar-refractivity contribution in [1.29, 1.82) is 10.8 Å². The van der Waals surface area contributed by atoms with Gasteiger partial charge in [0.1, 0.15) is 11.7 Å². The number of piperazine rings is 1. The van der Waals surface area contributed by atoms with Gasteiger partial charge in [0.05, 0.1) is 16.3 Å². The second-order valence-electron chi connectivity index (χ2n) is 16.2. The van der Waals surface area contributed by atoms with Gasteiger partial charge in [0.25, 0.3) is 0 Å². The quantitative estimate of drug-likeness (QED) is 0.0351. The molecular weight excluding hydrogens is 897 g/mol. The lowest BCUT2D eigenvalue weighted by Crippen LogP contribution is -2.48. The van der Waals surface area contributed by atoms with Crippen molar-refractivity contribution in [3.63, 3.8) is 0 Å². The minimum absolute atomic E-state index is 0.000773. The van der Waals surface area contributed by atoms with Gasteiger partial charge in [0, 0.05) is 83.8 Å². The molecule has 0 radical (unpaired) electrons. The van der Waals surface area contributed by atoms with Crippen LogP contribution in [0, 0.1) is 10.8 Å². The largest absolute Gasteiger partial charge is 0.369 e. The van der Waals surface area contributed by atoms with Crippen molar-refractivity contribution in [2.24, 2.45) is 0 Å². The highest BCUT2D eigenvalue weighted by Crippen LogP contribution is 2.23.